The molecule has 0 amide bonds. The summed E-state index contributed by atoms with van der Waals surface area (Å²) < 4.78 is 17.0. The van der Waals surface area contributed by atoms with Gasteiger partial charge in [-0.1, -0.05) is 6.92 Å². The highest BCUT2D eigenvalue weighted by atomic mass is 16.7. The average molecular weight is 244 g/mol. The molecule has 6 nitrogen and oxygen atoms in total. The van der Waals surface area contributed by atoms with Crippen molar-refractivity contribution in [3.63, 3.8) is 0 Å². The molecule has 0 radical (unpaired) electrons. The monoisotopic (exact) mass is 244 g/mol. The summed E-state index contributed by atoms with van der Waals surface area (Å²) in [6, 6.07) is 0. The Morgan fingerprint density at radius 2 is 2.00 bits per heavy atom. The highest BCUT2D eigenvalue weighted by molar-refractivity contribution is 5.27. The van der Waals surface area contributed by atoms with Gasteiger partial charge in [-0.3, -0.25) is 4.68 Å². The van der Waals surface area contributed by atoms with Crippen molar-refractivity contribution in [2.24, 2.45) is 0 Å². The van der Waals surface area contributed by atoms with Crippen LogP contribution in [0, 0.1) is 0 Å². The van der Waals surface area contributed by atoms with E-state index in [9.17, 15) is 5.11 Å². The number of nitrogens with zero attached hydrogens (tertiary/aromatic N) is 2. The first kappa shape index (κ1) is 14.0. The second kappa shape index (κ2) is 6.58. The molecule has 0 spiro atoms. The minimum atomic E-state index is -0.936. The van der Waals surface area contributed by atoms with Crippen LogP contribution in [0.1, 0.15) is 25.1 Å². The van der Waals surface area contributed by atoms with Crippen LogP contribution in [0.5, 0.6) is 5.75 Å². The minimum absolute atomic E-state index is 0.532. The van der Waals surface area contributed by atoms with Crippen LogP contribution in [0.4, 0.5) is 0 Å². The number of ether oxygens (including phenoxy) is 3. The molecule has 1 aromatic heterocycles. The number of aromatic nitrogens is 2. The number of aliphatic hydroxyl groups is 1. The van der Waals surface area contributed by atoms with Crippen molar-refractivity contribution < 1.29 is 19.3 Å². The van der Waals surface area contributed by atoms with Crippen LogP contribution in [-0.4, -0.2) is 42.5 Å². The van der Waals surface area contributed by atoms with Crippen LogP contribution in [0.2, 0.25) is 0 Å². The molecule has 1 atom stereocenters. The lowest BCUT2D eigenvalue weighted by Crippen LogP contribution is -2.25. The van der Waals surface area contributed by atoms with Gasteiger partial charge >= 0.3 is 0 Å². The van der Waals surface area contributed by atoms with E-state index in [4.69, 9.17) is 14.2 Å². The van der Waals surface area contributed by atoms with E-state index in [1.165, 1.54) is 21.3 Å². The summed E-state index contributed by atoms with van der Waals surface area (Å²) in [5.41, 5.74) is 0.572. The molecule has 6 heteroatoms. The van der Waals surface area contributed by atoms with Crippen LogP contribution in [0.3, 0.4) is 0 Å². The van der Waals surface area contributed by atoms with Crippen molar-refractivity contribution in [3.05, 3.63) is 11.9 Å². The predicted octanol–water partition coefficient (Wildman–Crippen LogP) is 0.954. The van der Waals surface area contributed by atoms with Crippen molar-refractivity contribution in [2.75, 3.05) is 21.3 Å². The Labute approximate surface area is 101 Å². The number of hydrogen-bond donors (Lipinski definition) is 1. The molecular formula is C11H20N2O4. The van der Waals surface area contributed by atoms with E-state index < -0.39 is 12.4 Å². The van der Waals surface area contributed by atoms with Crippen molar-refractivity contribution >= 4 is 0 Å². The fourth-order valence-corrected chi connectivity index (χ4v) is 1.71. The Hall–Kier alpha value is -1.11. The maximum atomic E-state index is 10.2. The van der Waals surface area contributed by atoms with Gasteiger partial charge in [-0.2, -0.15) is 5.10 Å². The summed E-state index contributed by atoms with van der Waals surface area (Å²) in [4.78, 5) is 0. The van der Waals surface area contributed by atoms with E-state index >= 15 is 0 Å². The lowest BCUT2D eigenvalue weighted by atomic mass is 10.2. The number of hydrogen-bond acceptors (Lipinski definition) is 5. The Balaban J connectivity index is 3.03. The first-order chi connectivity index (χ1) is 8.19. The molecule has 0 aliphatic rings. The summed E-state index contributed by atoms with van der Waals surface area (Å²) in [6.07, 6.45) is 0.816. The van der Waals surface area contributed by atoms with Crippen molar-refractivity contribution in [2.45, 2.75) is 32.3 Å². The first-order valence-corrected chi connectivity index (χ1v) is 5.52. The van der Waals surface area contributed by atoms with Crippen LogP contribution in [0.25, 0.3) is 0 Å². The van der Waals surface area contributed by atoms with E-state index in [0.29, 0.717) is 18.0 Å². The summed E-state index contributed by atoms with van der Waals surface area (Å²) in [6.45, 7) is 2.74. The van der Waals surface area contributed by atoms with Crippen molar-refractivity contribution in [1.29, 1.82) is 0 Å². The highest BCUT2D eigenvalue weighted by Gasteiger charge is 2.27. The molecule has 0 bridgehead atoms. The van der Waals surface area contributed by atoms with Crippen LogP contribution in [-0.2, 0) is 16.0 Å². The molecular weight excluding hydrogens is 224 g/mol. The standard InChI is InChI=1S/C11H20N2O4/c1-5-6-13-9(8(15-2)7-12-13)10(14)11(16-3)17-4/h7,10-11,14H,5-6H2,1-4H3. The molecule has 17 heavy (non-hydrogen) atoms. The Morgan fingerprint density at radius 3 is 2.47 bits per heavy atom. The largest absolute Gasteiger partial charge is 0.493 e. The van der Waals surface area contributed by atoms with Crippen molar-refractivity contribution in [1.82, 2.24) is 9.78 Å². The second-order valence-electron chi connectivity index (χ2n) is 3.61. The Kier molecular flexibility index (Phi) is 5.40. The molecule has 1 aromatic rings. The van der Waals surface area contributed by atoms with E-state index in [0.717, 1.165) is 6.42 Å². The number of aliphatic hydroxyl groups excluding tert-OH is 1. The zero-order chi connectivity index (χ0) is 12.8. The van der Waals surface area contributed by atoms with Crippen molar-refractivity contribution in [3.8, 4) is 5.75 Å². The molecule has 0 aromatic carbocycles. The molecule has 1 N–H and O–H groups in total. The van der Waals surface area contributed by atoms with Crippen LogP contribution >= 0.6 is 0 Å². The second-order valence-corrected chi connectivity index (χ2v) is 3.61. The van der Waals surface area contributed by atoms with E-state index in [2.05, 4.69) is 5.10 Å². The quantitative estimate of drug-likeness (QED) is 0.723. The van der Waals surface area contributed by atoms with Gasteiger partial charge in [0, 0.05) is 20.8 Å². The molecule has 0 fully saturated rings. The Morgan fingerprint density at radius 1 is 1.35 bits per heavy atom. The van der Waals surface area contributed by atoms with Gasteiger partial charge in [-0.25, -0.2) is 0 Å². The van der Waals surface area contributed by atoms with E-state index in [-0.39, 0.29) is 0 Å². The maximum Gasteiger partial charge on any atom is 0.188 e. The predicted molar refractivity (Wildman–Crippen MR) is 61.8 cm³/mol. The molecule has 0 aliphatic heterocycles. The van der Waals surface area contributed by atoms with Gasteiger partial charge in [0.15, 0.2) is 12.0 Å². The normalized spacial score (nSPS) is 13.1. The van der Waals surface area contributed by atoms with Gasteiger partial charge in [-0.05, 0) is 6.42 Å². The third-order valence-electron chi connectivity index (χ3n) is 2.50. The SMILES string of the molecule is CCCn1ncc(OC)c1C(O)C(OC)OC. The van der Waals surface area contributed by atoms with Gasteiger partial charge < -0.3 is 19.3 Å². The smallest absolute Gasteiger partial charge is 0.188 e. The zero-order valence-corrected chi connectivity index (χ0v) is 10.7. The first-order valence-electron chi connectivity index (χ1n) is 5.52. The average Bonchev–Trinajstić information content (AvgIpc) is 2.74. The third kappa shape index (κ3) is 2.96. The summed E-state index contributed by atoms with van der Waals surface area (Å²) in [5.74, 6) is 0.532. The number of aryl methyl sites for hydroxylation is 1. The molecule has 1 rings (SSSR count). The molecule has 0 saturated heterocycles. The fraction of sp³-hybridized carbons (Fsp3) is 0.727. The maximum absolute atomic E-state index is 10.2. The van der Waals surface area contributed by atoms with Gasteiger partial charge in [0.2, 0.25) is 0 Å². The van der Waals surface area contributed by atoms with Gasteiger partial charge in [-0.15, -0.1) is 0 Å². The molecule has 1 unspecified atom stereocenters. The minimum Gasteiger partial charge on any atom is -0.493 e. The number of rotatable bonds is 7. The fourth-order valence-electron chi connectivity index (χ4n) is 1.71. The summed E-state index contributed by atoms with van der Waals surface area (Å²) >= 11 is 0. The Bertz CT molecular complexity index is 336. The highest BCUT2D eigenvalue weighted by Crippen LogP contribution is 2.28. The lowest BCUT2D eigenvalue weighted by molar-refractivity contribution is -0.168. The lowest BCUT2D eigenvalue weighted by Gasteiger charge is -2.21. The molecule has 0 aliphatic carbocycles. The molecule has 0 saturated carbocycles. The van der Waals surface area contributed by atoms with Gasteiger partial charge in [0.05, 0.1) is 13.3 Å². The summed E-state index contributed by atoms with van der Waals surface area (Å²) in [7, 11) is 4.49. The third-order valence-corrected chi connectivity index (χ3v) is 2.50. The van der Waals surface area contributed by atoms with Crippen LogP contribution < -0.4 is 4.74 Å². The van der Waals surface area contributed by atoms with E-state index in [1.54, 1.807) is 10.9 Å². The van der Waals surface area contributed by atoms with Gasteiger partial charge in [0.25, 0.3) is 0 Å². The van der Waals surface area contributed by atoms with Crippen LogP contribution in [0.15, 0.2) is 6.20 Å². The van der Waals surface area contributed by atoms with E-state index in [1.807, 2.05) is 6.92 Å². The summed E-state index contributed by atoms with van der Waals surface area (Å²) in [5, 5.41) is 14.4. The zero-order valence-electron chi connectivity index (χ0n) is 10.7. The van der Waals surface area contributed by atoms with Gasteiger partial charge in [0.1, 0.15) is 11.8 Å². The topological polar surface area (TPSA) is 65.7 Å². The molecule has 1 heterocycles. The molecule has 98 valence electrons. The number of methoxy groups -OCH3 is 3.